The van der Waals surface area contributed by atoms with E-state index in [0.29, 0.717) is 12.2 Å². The first-order valence-electron chi connectivity index (χ1n) is 11.4. The Kier molecular flexibility index (Phi) is 8.14. The average molecular weight is 461 g/mol. The van der Waals surface area contributed by atoms with Gasteiger partial charge in [0.05, 0.1) is 31.4 Å². The molecule has 172 valence electrons. The summed E-state index contributed by atoms with van der Waals surface area (Å²) in [6.07, 6.45) is 3.01. The lowest BCUT2D eigenvalue weighted by Gasteiger charge is -2.26. The van der Waals surface area contributed by atoms with Crippen LogP contribution in [0.3, 0.4) is 0 Å². The highest BCUT2D eigenvalue weighted by atomic mass is 35.5. The van der Waals surface area contributed by atoms with Crippen molar-refractivity contribution in [2.45, 2.75) is 25.3 Å². The standard InChI is InChI=1S/C25H30ClFN2O3/c26-22-17-20(7-8-23(22)27)25(30)18-29-10-2-6-24(29)19-4-1-5-21(16-19)32-13-3-9-28-11-14-31-15-12-28/h1,4-5,7-8,16-17,24H,2-3,6,9-15,18H2. The first kappa shape index (κ1) is 23.2. The number of benzene rings is 2. The van der Waals surface area contributed by atoms with Gasteiger partial charge in [-0.2, -0.15) is 0 Å². The topological polar surface area (TPSA) is 42.0 Å². The van der Waals surface area contributed by atoms with E-state index in [2.05, 4.69) is 21.9 Å². The molecular weight excluding hydrogens is 431 g/mol. The van der Waals surface area contributed by atoms with Crippen LogP contribution in [0, 0.1) is 5.82 Å². The molecule has 2 fully saturated rings. The van der Waals surface area contributed by atoms with Crippen LogP contribution >= 0.6 is 11.6 Å². The van der Waals surface area contributed by atoms with E-state index in [9.17, 15) is 9.18 Å². The van der Waals surface area contributed by atoms with Gasteiger partial charge in [0.25, 0.3) is 0 Å². The lowest BCUT2D eigenvalue weighted by Crippen LogP contribution is -2.37. The van der Waals surface area contributed by atoms with Crippen molar-refractivity contribution in [2.75, 3.05) is 52.5 Å². The molecule has 0 N–H and O–H groups in total. The normalized spacial score (nSPS) is 19.9. The minimum Gasteiger partial charge on any atom is -0.494 e. The number of ketones is 1. The fourth-order valence-corrected chi connectivity index (χ4v) is 4.63. The van der Waals surface area contributed by atoms with E-state index in [1.165, 1.54) is 18.2 Å². The molecule has 2 aliphatic rings. The van der Waals surface area contributed by atoms with Gasteiger partial charge in [-0.05, 0) is 61.7 Å². The molecule has 1 atom stereocenters. The van der Waals surface area contributed by atoms with Gasteiger partial charge in [0.1, 0.15) is 11.6 Å². The van der Waals surface area contributed by atoms with Crippen molar-refractivity contribution in [3.8, 4) is 5.75 Å². The maximum Gasteiger partial charge on any atom is 0.176 e. The number of nitrogens with zero attached hydrogens (tertiary/aromatic N) is 2. The monoisotopic (exact) mass is 460 g/mol. The number of carbonyl (C=O) groups excluding carboxylic acids is 1. The van der Waals surface area contributed by atoms with Crippen LogP contribution in [0.4, 0.5) is 4.39 Å². The third-order valence-corrected chi connectivity index (χ3v) is 6.48. The Hall–Kier alpha value is -1.99. The van der Waals surface area contributed by atoms with E-state index in [-0.39, 0.29) is 23.4 Å². The summed E-state index contributed by atoms with van der Waals surface area (Å²) in [5.74, 6) is 0.311. The van der Waals surface area contributed by atoms with Crippen LogP contribution in [0.25, 0.3) is 0 Å². The van der Waals surface area contributed by atoms with Crippen molar-refractivity contribution in [2.24, 2.45) is 0 Å². The molecule has 5 nitrogen and oxygen atoms in total. The molecule has 1 unspecified atom stereocenters. The summed E-state index contributed by atoms with van der Waals surface area (Å²) in [7, 11) is 0. The quantitative estimate of drug-likeness (QED) is 0.404. The molecule has 2 saturated heterocycles. The van der Waals surface area contributed by atoms with Gasteiger partial charge >= 0.3 is 0 Å². The summed E-state index contributed by atoms with van der Waals surface area (Å²) in [6.45, 7) is 6.47. The zero-order valence-corrected chi connectivity index (χ0v) is 19.0. The van der Waals surface area contributed by atoms with Crippen molar-refractivity contribution in [3.63, 3.8) is 0 Å². The maximum absolute atomic E-state index is 13.4. The van der Waals surface area contributed by atoms with Gasteiger partial charge in [-0.15, -0.1) is 0 Å². The minimum atomic E-state index is -0.510. The summed E-state index contributed by atoms with van der Waals surface area (Å²) in [6, 6.07) is 12.5. The van der Waals surface area contributed by atoms with Gasteiger partial charge in [0.15, 0.2) is 5.78 Å². The van der Waals surface area contributed by atoms with Crippen LogP contribution in [0.15, 0.2) is 42.5 Å². The zero-order valence-electron chi connectivity index (χ0n) is 18.3. The zero-order chi connectivity index (χ0) is 22.3. The Balaban J connectivity index is 1.32. The van der Waals surface area contributed by atoms with E-state index in [1.807, 2.05) is 12.1 Å². The van der Waals surface area contributed by atoms with Crippen molar-refractivity contribution in [1.82, 2.24) is 9.80 Å². The van der Waals surface area contributed by atoms with Gasteiger partial charge in [-0.1, -0.05) is 23.7 Å². The first-order valence-corrected chi connectivity index (χ1v) is 11.7. The number of morpholine rings is 1. The van der Waals surface area contributed by atoms with Crippen molar-refractivity contribution < 1.29 is 18.7 Å². The van der Waals surface area contributed by atoms with Crippen LogP contribution < -0.4 is 4.74 Å². The Bertz CT molecular complexity index is 920. The highest BCUT2D eigenvalue weighted by Crippen LogP contribution is 2.33. The number of rotatable bonds is 9. The number of hydrogen-bond donors (Lipinski definition) is 0. The summed E-state index contributed by atoms with van der Waals surface area (Å²) in [5.41, 5.74) is 1.61. The first-order chi connectivity index (χ1) is 15.6. The van der Waals surface area contributed by atoms with E-state index >= 15 is 0 Å². The molecular formula is C25H30ClFN2O3. The van der Waals surface area contributed by atoms with Crippen molar-refractivity contribution in [1.29, 1.82) is 0 Å². The molecule has 7 heteroatoms. The Morgan fingerprint density at radius 2 is 2.00 bits per heavy atom. The fraction of sp³-hybridized carbons (Fsp3) is 0.480. The molecule has 0 aromatic heterocycles. The number of likely N-dealkylation sites (tertiary alicyclic amines) is 1. The number of Topliss-reactive ketones (excluding diaryl/α,β-unsaturated/α-hetero) is 1. The predicted molar refractivity (Wildman–Crippen MR) is 123 cm³/mol. The summed E-state index contributed by atoms with van der Waals surface area (Å²) < 4.78 is 24.8. The minimum absolute atomic E-state index is 0.0210. The number of carbonyl (C=O) groups is 1. The average Bonchev–Trinajstić information content (AvgIpc) is 3.27. The van der Waals surface area contributed by atoms with Crippen LogP contribution in [0.2, 0.25) is 5.02 Å². The predicted octanol–water partition coefficient (Wildman–Crippen LogP) is 4.60. The highest BCUT2D eigenvalue weighted by Gasteiger charge is 2.28. The maximum atomic E-state index is 13.4. The number of ether oxygens (including phenoxy) is 2. The SMILES string of the molecule is O=C(CN1CCCC1c1cccc(OCCCN2CCOCC2)c1)c1ccc(F)c(Cl)c1. The molecule has 0 amide bonds. The molecule has 0 aliphatic carbocycles. The second-order valence-electron chi connectivity index (χ2n) is 8.41. The lowest BCUT2D eigenvalue weighted by molar-refractivity contribution is 0.0358. The number of halogens is 2. The highest BCUT2D eigenvalue weighted by molar-refractivity contribution is 6.31. The Morgan fingerprint density at radius 3 is 2.81 bits per heavy atom. The van der Waals surface area contributed by atoms with Gasteiger partial charge < -0.3 is 9.47 Å². The largest absolute Gasteiger partial charge is 0.494 e. The van der Waals surface area contributed by atoms with Crippen LogP contribution in [-0.2, 0) is 4.74 Å². The summed E-state index contributed by atoms with van der Waals surface area (Å²) >= 11 is 5.85. The lowest BCUT2D eigenvalue weighted by atomic mass is 10.0. The van der Waals surface area contributed by atoms with Crippen LogP contribution in [-0.4, -0.2) is 68.1 Å². The van der Waals surface area contributed by atoms with Crippen LogP contribution in [0.5, 0.6) is 5.75 Å². The van der Waals surface area contributed by atoms with Gasteiger partial charge in [0.2, 0.25) is 0 Å². The molecule has 4 rings (SSSR count). The second-order valence-corrected chi connectivity index (χ2v) is 8.82. The molecule has 2 aliphatic heterocycles. The molecule has 2 aromatic carbocycles. The van der Waals surface area contributed by atoms with E-state index in [0.717, 1.165) is 70.0 Å². The molecule has 0 spiro atoms. The molecule has 0 radical (unpaired) electrons. The summed E-state index contributed by atoms with van der Waals surface area (Å²) in [4.78, 5) is 17.4. The third kappa shape index (κ3) is 6.07. The molecule has 2 aromatic rings. The van der Waals surface area contributed by atoms with E-state index < -0.39 is 5.82 Å². The van der Waals surface area contributed by atoms with Crippen molar-refractivity contribution >= 4 is 17.4 Å². The summed E-state index contributed by atoms with van der Waals surface area (Å²) in [5, 5.41) is -0.0210. The molecule has 2 heterocycles. The number of hydrogen-bond acceptors (Lipinski definition) is 5. The van der Waals surface area contributed by atoms with Gasteiger partial charge in [-0.3, -0.25) is 14.6 Å². The van der Waals surface area contributed by atoms with E-state index in [1.54, 1.807) is 0 Å². The Morgan fingerprint density at radius 1 is 1.16 bits per heavy atom. The Labute approximate surface area is 194 Å². The van der Waals surface area contributed by atoms with Gasteiger partial charge in [0, 0.05) is 31.2 Å². The van der Waals surface area contributed by atoms with E-state index in [4.69, 9.17) is 21.1 Å². The molecule has 32 heavy (non-hydrogen) atoms. The van der Waals surface area contributed by atoms with Gasteiger partial charge in [-0.25, -0.2) is 4.39 Å². The second kappa shape index (κ2) is 11.2. The van der Waals surface area contributed by atoms with Crippen molar-refractivity contribution in [3.05, 3.63) is 64.4 Å². The fourth-order valence-electron chi connectivity index (χ4n) is 4.45. The third-order valence-electron chi connectivity index (χ3n) is 6.19. The molecule has 0 bridgehead atoms. The van der Waals surface area contributed by atoms with Crippen LogP contribution in [0.1, 0.15) is 41.2 Å². The molecule has 0 saturated carbocycles. The smallest absolute Gasteiger partial charge is 0.176 e.